The summed E-state index contributed by atoms with van der Waals surface area (Å²) in [5.74, 6) is 0.913. The Morgan fingerprint density at radius 3 is 2.80 bits per heavy atom. The quantitative estimate of drug-likeness (QED) is 0.839. The van der Waals surface area contributed by atoms with Crippen molar-refractivity contribution in [3.8, 4) is 5.75 Å². The lowest BCUT2D eigenvalue weighted by molar-refractivity contribution is -0.122. The van der Waals surface area contributed by atoms with Crippen LogP contribution in [-0.4, -0.2) is 70.5 Å². The van der Waals surface area contributed by atoms with Crippen LogP contribution in [0.15, 0.2) is 18.2 Å². The number of fused-ring (bicyclic) bond motifs is 3. The molecular weight excluding hydrogens is 342 g/mol. The molecule has 1 aromatic heterocycles. The van der Waals surface area contributed by atoms with E-state index in [1.165, 1.54) is 11.5 Å². The topological polar surface area (TPSA) is 83.0 Å². The second-order valence-electron chi connectivity index (χ2n) is 6.17. The van der Waals surface area contributed by atoms with Gasteiger partial charge in [0.15, 0.2) is 0 Å². The van der Waals surface area contributed by atoms with Crippen molar-refractivity contribution in [1.29, 1.82) is 0 Å². The molecule has 0 saturated carbocycles. The normalized spacial score (nSPS) is 21.9. The Kier molecular flexibility index (Phi) is 5.19. The number of amides is 1. The van der Waals surface area contributed by atoms with Crippen LogP contribution in [0.25, 0.3) is 10.1 Å². The highest BCUT2D eigenvalue weighted by atomic mass is 32.1. The number of carbonyl (C=O) groups is 2. The van der Waals surface area contributed by atoms with Gasteiger partial charge < -0.3 is 14.7 Å². The number of benzene rings is 1. The summed E-state index contributed by atoms with van der Waals surface area (Å²) in [6.07, 6.45) is 1.10. The third kappa shape index (κ3) is 3.32. The summed E-state index contributed by atoms with van der Waals surface area (Å²) in [6.45, 7) is 4.16. The van der Waals surface area contributed by atoms with E-state index >= 15 is 0 Å². The maximum Gasteiger partial charge on any atom is 0.290 e. The Balaban J connectivity index is 0.000000569. The van der Waals surface area contributed by atoms with E-state index in [1.54, 1.807) is 0 Å². The average Bonchev–Trinajstić information content (AvgIpc) is 3.28. The molecule has 4 rings (SSSR count). The lowest BCUT2D eigenvalue weighted by atomic mass is 10.2. The molecule has 25 heavy (non-hydrogen) atoms. The fourth-order valence-electron chi connectivity index (χ4n) is 3.58. The Labute approximate surface area is 150 Å². The number of rotatable bonds is 3. The molecule has 2 fully saturated rings. The van der Waals surface area contributed by atoms with Gasteiger partial charge in [0.05, 0.1) is 11.3 Å². The molecule has 0 spiro atoms. The molecule has 2 aliphatic rings. The molecule has 2 aliphatic heterocycles. The van der Waals surface area contributed by atoms with Crippen LogP contribution in [0, 0.1) is 0 Å². The largest absolute Gasteiger partial charge is 0.494 e. The Bertz CT molecular complexity index is 776. The van der Waals surface area contributed by atoms with Crippen molar-refractivity contribution in [2.24, 2.45) is 0 Å². The second kappa shape index (κ2) is 7.37. The van der Waals surface area contributed by atoms with Crippen molar-refractivity contribution in [3.05, 3.63) is 23.9 Å². The van der Waals surface area contributed by atoms with Gasteiger partial charge in [0.2, 0.25) is 0 Å². The summed E-state index contributed by atoms with van der Waals surface area (Å²) in [6, 6.07) is 6.71. The van der Waals surface area contributed by atoms with E-state index in [9.17, 15) is 4.79 Å². The summed E-state index contributed by atoms with van der Waals surface area (Å²) in [4.78, 5) is 25.6. The van der Waals surface area contributed by atoms with E-state index < -0.39 is 0 Å². The van der Waals surface area contributed by atoms with Gasteiger partial charge in [0.25, 0.3) is 12.4 Å². The average molecular weight is 363 g/mol. The van der Waals surface area contributed by atoms with Crippen molar-refractivity contribution in [2.45, 2.75) is 25.4 Å². The zero-order valence-electron chi connectivity index (χ0n) is 14.2. The van der Waals surface area contributed by atoms with Crippen LogP contribution in [0.4, 0.5) is 0 Å². The first-order chi connectivity index (χ1) is 12.1. The molecule has 1 N–H and O–H groups in total. The van der Waals surface area contributed by atoms with E-state index in [-0.39, 0.29) is 12.4 Å². The number of likely N-dealkylation sites (N-methyl/N-ethyl adjacent to an activating group) is 1. The number of carboxylic acid groups (broad SMARTS) is 1. The highest BCUT2D eigenvalue weighted by molar-refractivity contribution is 7.13. The molecular formula is C17H21N3O4S. The van der Waals surface area contributed by atoms with Crippen molar-refractivity contribution in [1.82, 2.24) is 14.2 Å². The highest BCUT2D eigenvalue weighted by Crippen LogP contribution is 2.33. The highest BCUT2D eigenvalue weighted by Gasteiger charge is 2.44. The molecule has 7 nitrogen and oxygen atoms in total. The van der Waals surface area contributed by atoms with Gasteiger partial charge in [-0.3, -0.25) is 14.5 Å². The van der Waals surface area contributed by atoms with Gasteiger partial charge in [-0.15, -0.1) is 0 Å². The zero-order valence-corrected chi connectivity index (χ0v) is 15.0. The molecule has 0 aliphatic carbocycles. The fourth-order valence-corrected chi connectivity index (χ4v) is 4.38. The first-order valence-electron chi connectivity index (χ1n) is 8.20. The van der Waals surface area contributed by atoms with Crippen LogP contribution in [0.5, 0.6) is 5.75 Å². The van der Waals surface area contributed by atoms with Crippen LogP contribution >= 0.6 is 11.5 Å². The van der Waals surface area contributed by atoms with Gasteiger partial charge in [-0.25, -0.2) is 0 Å². The minimum absolute atomic E-state index is 0.0796. The van der Waals surface area contributed by atoms with Crippen molar-refractivity contribution >= 4 is 34.0 Å². The molecule has 0 radical (unpaired) electrons. The van der Waals surface area contributed by atoms with Crippen molar-refractivity contribution < 1.29 is 19.4 Å². The minimum atomic E-state index is -0.250. The summed E-state index contributed by atoms with van der Waals surface area (Å²) < 4.78 is 10.9. The predicted octanol–water partition coefficient (Wildman–Crippen LogP) is 1.92. The molecule has 8 heteroatoms. The molecule has 134 valence electrons. The van der Waals surface area contributed by atoms with Crippen LogP contribution < -0.4 is 4.74 Å². The van der Waals surface area contributed by atoms with Gasteiger partial charge in [-0.1, -0.05) is 0 Å². The van der Waals surface area contributed by atoms with Gasteiger partial charge in [-0.2, -0.15) is 4.37 Å². The third-order valence-corrected chi connectivity index (χ3v) is 5.54. The number of carbonyl (C=O) groups excluding carboxylic acids is 1. The van der Waals surface area contributed by atoms with Crippen LogP contribution in [0.3, 0.4) is 0 Å². The Morgan fingerprint density at radius 2 is 2.20 bits per heavy atom. The van der Waals surface area contributed by atoms with E-state index in [0.29, 0.717) is 24.4 Å². The summed E-state index contributed by atoms with van der Waals surface area (Å²) >= 11 is 1.37. The lowest BCUT2D eigenvalue weighted by Crippen LogP contribution is -2.47. The van der Waals surface area contributed by atoms with Gasteiger partial charge in [0, 0.05) is 30.6 Å². The number of likely N-dealkylation sites (tertiary alicyclic amines) is 2. The number of hydrogen-bond donors (Lipinski definition) is 1. The molecule has 2 atom stereocenters. The molecule has 0 unspecified atom stereocenters. The predicted molar refractivity (Wildman–Crippen MR) is 95.3 cm³/mol. The molecule has 2 aromatic rings. The number of nitrogens with zero attached hydrogens (tertiary/aromatic N) is 3. The number of piperazine rings is 1. The molecule has 2 saturated heterocycles. The first-order valence-corrected chi connectivity index (χ1v) is 8.97. The minimum Gasteiger partial charge on any atom is -0.494 e. The smallest absolute Gasteiger partial charge is 0.290 e. The monoisotopic (exact) mass is 363 g/mol. The Morgan fingerprint density at radius 1 is 1.44 bits per heavy atom. The Hall–Kier alpha value is -2.19. The maximum atomic E-state index is 12.8. The second-order valence-corrected chi connectivity index (χ2v) is 6.97. The SMILES string of the molecule is CCOc1ccc2c(C(=O)N3C[C@@H]4C[C@H]3CN4C)nsc2c1.O=CO. The van der Waals surface area contributed by atoms with E-state index in [2.05, 4.69) is 16.3 Å². The number of aromatic nitrogens is 1. The molecule has 3 heterocycles. The first kappa shape index (κ1) is 17.6. The standard InChI is InChI=1S/C16H19N3O2S.CH2O2/c1-3-21-12-4-5-13-14(7-12)22-17-15(13)16(20)19-9-10-6-11(19)8-18(10)2;2-1-3/h4-5,7,10-11H,3,6,8-9H2,1-2H3;1H,(H,2,3)/t10-,11-;/m0./s1. The van der Waals surface area contributed by atoms with E-state index in [0.717, 1.165) is 35.3 Å². The van der Waals surface area contributed by atoms with Crippen molar-refractivity contribution in [2.75, 3.05) is 26.7 Å². The lowest BCUT2D eigenvalue weighted by Gasteiger charge is -2.31. The van der Waals surface area contributed by atoms with Gasteiger partial charge in [0.1, 0.15) is 11.4 Å². The van der Waals surface area contributed by atoms with Crippen LogP contribution in [0.2, 0.25) is 0 Å². The van der Waals surface area contributed by atoms with Crippen LogP contribution in [0.1, 0.15) is 23.8 Å². The summed E-state index contributed by atoms with van der Waals surface area (Å²) in [7, 11) is 2.14. The fraction of sp³-hybridized carbons (Fsp3) is 0.471. The third-order valence-electron chi connectivity index (χ3n) is 4.73. The van der Waals surface area contributed by atoms with Crippen LogP contribution in [-0.2, 0) is 4.79 Å². The molecule has 2 bridgehead atoms. The number of hydrogen-bond acceptors (Lipinski definition) is 6. The van der Waals surface area contributed by atoms with E-state index in [1.807, 2.05) is 30.0 Å². The molecule has 1 aromatic carbocycles. The van der Waals surface area contributed by atoms with Gasteiger partial charge >= 0.3 is 0 Å². The zero-order chi connectivity index (χ0) is 18.0. The maximum absolute atomic E-state index is 12.8. The van der Waals surface area contributed by atoms with Crippen molar-refractivity contribution in [3.63, 3.8) is 0 Å². The summed E-state index contributed by atoms with van der Waals surface area (Å²) in [5.41, 5.74) is 0.596. The molecule has 1 amide bonds. The number of ether oxygens (including phenoxy) is 1. The summed E-state index contributed by atoms with van der Waals surface area (Å²) in [5, 5.41) is 7.83. The van der Waals surface area contributed by atoms with E-state index in [4.69, 9.17) is 14.6 Å². The van der Waals surface area contributed by atoms with Gasteiger partial charge in [-0.05, 0) is 50.1 Å².